The van der Waals surface area contributed by atoms with Crippen LogP contribution in [0.4, 0.5) is 5.69 Å². The maximum Gasteiger partial charge on any atom is 0.234 e. The molecule has 4 rings (SSSR count). The number of rotatable bonds is 5. The zero-order valence-corrected chi connectivity index (χ0v) is 17.3. The van der Waals surface area contributed by atoms with Crippen molar-refractivity contribution in [2.24, 2.45) is 0 Å². The number of anilines is 1. The van der Waals surface area contributed by atoms with Gasteiger partial charge in [0.15, 0.2) is 5.78 Å². The van der Waals surface area contributed by atoms with Crippen LogP contribution in [0, 0.1) is 18.3 Å². The summed E-state index contributed by atoms with van der Waals surface area (Å²) >= 11 is 1.27. The van der Waals surface area contributed by atoms with Crippen LogP contribution in [-0.4, -0.2) is 17.4 Å². The molecule has 7 heteroatoms. The van der Waals surface area contributed by atoms with Crippen molar-refractivity contribution >= 4 is 29.1 Å². The van der Waals surface area contributed by atoms with E-state index < -0.39 is 5.92 Å². The number of furan rings is 1. The van der Waals surface area contributed by atoms with Crippen molar-refractivity contribution in [3.63, 3.8) is 0 Å². The van der Waals surface area contributed by atoms with Crippen LogP contribution >= 0.6 is 11.8 Å². The second kappa shape index (κ2) is 8.64. The van der Waals surface area contributed by atoms with Gasteiger partial charge in [-0.1, -0.05) is 29.5 Å². The second-order valence-electron chi connectivity index (χ2n) is 7.30. The Morgan fingerprint density at radius 1 is 1.30 bits per heavy atom. The first-order chi connectivity index (χ1) is 14.6. The number of carbonyl (C=O) groups excluding carboxylic acids is 2. The summed E-state index contributed by atoms with van der Waals surface area (Å²) in [6, 6.07) is 13.4. The number of aryl methyl sites for hydroxylation is 1. The summed E-state index contributed by atoms with van der Waals surface area (Å²) in [5.74, 6) is 0.0568. The Bertz CT molecular complexity index is 1080. The lowest BCUT2D eigenvalue weighted by molar-refractivity contribution is -0.116. The number of benzene rings is 1. The van der Waals surface area contributed by atoms with E-state index in [2.05, 4.69) is 16.7 Å². The third-order valence-electron chi connectivity index (χ3n) is 5.17. The standard InChI is InChI=1S/C23H21N3O3S/c1-14-7-9-15(10-8-14)25-20(28)13-30-23-16(12-24)21(19-6-3-11-29-19)22-17(26-23)4-2-5-18(22)27/h3,6-11,21,26H,2,4-5,13H2,1H3,(H,25,28)/t21-/m1/s1. The van der Waals surface area contributed by atoms with Crippen LogP contribution in [0.5, 0.6) is 0 Å². The maximum atomic E-state index is 12.7. The van der Waals surface area contributed by atoms with E-state index in [-0.39, 0.29) is 17.4 Å². The quantitative estimate of drug-likeness (QED) is 0.746. The number of allylic oxidation sites excluding steroid dienone is 3. The molecule has 0 fully saturated rings. The molecular weight excluding hydrogens is 398 g/mol. The van der Waals surface area contributed by atoms with Gasteiger partial charge >= 0.3 is 0 Å². The topological polar surface area (TPSA) is 95.1 Å². The highest BCUT2D eigenvalue weighted by Crippen LogP contribution is 2.44. The van der Waals surface area contributed by atoms with E-state index in [9.17, 15) is 14.9 Å². The van der Waals surface area contributed by atoms with Crippen LogP contribution in [0.15, 0.2) is 69.0 Å². The summed E-state index contributed by atoms with van der Waals surface area (Å²) in [5.41, 5.74) is 3.70. The average Bonchev–Trinajstić information content (AvgIpc) is 3.27. The third kappa shape index (κ3) is 4.05. The van der Waals surface area contributed by atoms with E-state index in [1.165, 1.54) is 11.8 Å². The molecule has 2 aliphatic rings. The molecule has 0 radical (unpaired) electrons. The lowest BCUT2D eigenvalue weighted by Gasteiger charge is -2.32. The molecule has 1 aliphatic heterocycles. The minimum Gasteiger partial charge on any atom is -0.468 e. The monoisotopic (exact) mass is 419 g/mol. The Labute approximate surface area is 179 Å². The molecule has 0 saturated carbocycles. The molecule has 152 valence electrons. The summed E-state index contributed by atoms with van der Waals surface area (Å²) in [6.45, 7) is 1.99. The van der Waals surface area contributed by atoms with Crippen molar-refractivity contribution in [3.8, 4) is 6.07 Å². The van der Waals surface area contributed by atoms with Crippen LogP contribution in [0.2, 0.25) is 0 Å². The van der Waals surface area contributed by atoms with E-state index in [0.29, 0.717) is 28.4 Å². The van der Waals surface area contributed by atoms with Crippen molar-refractivity contribution in [2.45, 2.75) is 32.1 Å². The molecule has 6 nitrogen and oxygen atoms in total. The van der Waals surface area contributed by atoms with Crippen molar-refractivity contribution in [3.05, 3.63) is 75.9 Å². The minimum absolute atomic E-state index is 0.0408. The average molecular weight is 420 g/mol. The molecule has 1 aromatic heterocycles. The fourth-order valence-corrected chi connectivity index (χ4v) is 4.61. The normalized spacial score (nSPS) is 18.5. The zero-order valence-electron chi connectivity index (χ0n) is 16.5. The Balaban J connectivity index is 1.56. The number of dihydropyridines is 1. The van der Waals surface area contributed by atoms with E-state index >= 15 is 0 Å². The van der Waals surface area contributed by atoms with E-state index in [0.717, 1.165) is 29.8 Å². The van der Waals surface area contributed by atoms with Gasteiger partial charge in [-0.25, -0.2) is 0 Å². The van der Waals surface area contributed by atoms with Crippen LogP contribution < -0.4 is 10.6 Å². The first kappa shape index (κ1) is 20.0. The molecule has 0 bridgehead atoms. The summed E-state index contributed by atoms with van der Waals surface area (Å²) < 4.78 is 5.58. The largest absolute Gasteiger partial charge is 0.468 e. The molecule has 1 amide bonds. The van der Waals surface area contributed by atoms with E-state index in [1.54, 1.807) is 18.4 Å². The number of carbonyl (C=O) groups is 2. The maximum absolute atomic E-state index is 12.7. The number of amides is 1. The number of hydrogen-bond donors (Lipinski definition) is 2. The molecule has 2 aromatic rings. The van der Waals surface area contributed by atoms with Crippen molar-refractivity contribution in [1.82, 2.24) is 5.32 Å². The number of ketones is 1. The number of nitrogens with zero attached hydrogens (tertiary/aromatic N) is 1. The van der Waals surface area contributed by atoms with E-state index in [1.807, 2.05) is 31.2 Å². The van der Waals surface area contributed by atoms with Gasteiger partial charge in [-0.05, 0) is 44.0 Å². The molecule has 1 atom stereocenters. The lowest BCUT2D eigenvalue weighted by atomic mass is 9.79. The highest BCUT2D eigenvalue weighted by molar-refractivity contribution is 8.03. The second-order valence-corrected chi connectivity index (χ2v) is 8.29. The van der Waals surface area contributed by atoms with Gasteiger partial charge in [-0.3, -0.25) is 9.59 Å². The number of hydrogen-bond acceptors (Lipinski definition) is 6. The molecular formula is C23H21N3O3S. The number of nitrogens with one attached hydrogen (secondary N) is 2. The first-order valence-corrected chi connectivity index (χ1v) is 10.8. The fourth-order valence-electron chi connectivity index (χ4n) is 3.75. The van der Waals surface area contributed by atoms with Gasteiger partial charge in [0.25, 0.3) is 0 Å². The van der Waals surface area contributed by atoms with Crippen LogP contribution in [0.3, 0.4) is 0 Å². The Hall–Kier alpha value is -3.24. The predicted molar refractivity (Wildman–Crippen MR) is 115 cm³/mol. The van der Waals surface area contributed by atoms with Gasteiger partial charge in [0, 0.05) is 23.4 Å². The molecule has 0 spiro atoms. The van der Waals surface area contributed by atoms with Crippen molar-refractivity contribution in [1.29, 1.82) is 5.26 Å². The molecule has 30 heavy (non-hydrogen) atoms. The van der Waals surface area contributed by atoms with E-state index in [4.69, 9.17) is 4.42 Å². The SMILES string of the molecule is Cc1ccc(NC(=O)CSC2=C(C#N)[C@H](c3ccco3)C3=C(CCCC3=O)N2)cc1. The van der Waals surface area contributed by atoms with Gasteiger partial charge in [-0.2, -0.15) is 5.26 Å². The summed E-state index contributed by atoms with van der Waals surface area (Å²) in [4.78, 5) is 25.1. The van der Waals surface area contributed by atoms with Gasteiger partial charge in [-0.15, -0.1) is 0 Å². The smallest absolute Gasteiger partial charge is 0.234 e. The summed E-state index contributed by atoms with van der Waals surface area (Å²) in [7, 11) is 0. The van der Waals surface area contributed by atoms with Crippen LogP contribution in [0.25, 0.3) is 0 Å². The zero-order chi connectivity index (χ0) is 21.1. The number of nitriles is 1. The van der Waals surface area contributed by atoms with Crippen molar-refractivity contribution in [2.75, 3.05) is 11.1 Å². The fraction of sp³-hybridized carbons (Fsp3) is 0.261. The lowest BCUT2D eigenvalue weighted by Crippen LogP contribution is -2.31. The molecule has 2 heterocycles. The van der Waals surface area contributed by atoms with Gasteiger partial charge < -0.3 is 15.1 Å². The highest BCUT2D eigenvalue weighted by atomic mass is 32.2. The van der Waals surface area contributed by atoms with Gasteiger partial charge in [0.2, 0.25) is 5.91 Å². The molecule has 0 saturated heterocycles. The number of Topliss-reactive ketones (excluding diaryl/α,β-unsaturated/α-hetero) is 1. The minimum atomic E-state index is -0.531. The van der Waals surface area contributed by atoms with Crippen LogP contribution in [-0.2, 0) is 9.59 Å². The van der Waals surface area contributed by atoms with Gasteiger partial charge in [0.05, 0.1) is 34.6 Å². The molecule has 1 aromatic carbocycles. The highest BCUT2D eigenvalue weighted by Gasteiger charge is 2.38. The predicted octanol–water partition coefficient (Wildman–Crippen LogP) is 4.39. The Kier molecular flexibility index (Phi) is 5.77. The van der Waals surface area contributed by atoms with Gasteiger partial charge in [0.1, 0.15) is 5.76 Å². The molecule has 0 unspecified atom stereocenters. The Morgan fingerprint density at radius 2 is 2.10 bits per heavy atom. The third-order valence-corrected chi connectivity index (χ3v) is 6.19. The number of thioether (sulfide) groups is 1. The van der Waals surface area contributed by atoms with Crippen LogP contribution in [0.1, 0.15) is 36.5 Å². The summed E-state index contributed by atoms with van der Waals surface area (Å²) in [5, 5.41) is 16.6. The first-order valence-electron chi connectivity index (χ1n) is 9.77. The summed E-state index contributed by atoms with van der Waals surface area (Å²) in [6.07, 6.45) is 3.51. The molecule has 2 N–H and O–H groups in total. The van der Waals surface area contributed by atoms with Crippen molar-refractivity contribution < 1.29 is 14.0 Å². The molecule has 1 aliphatic carbocycles. The Morgan fingerprint density at radius 3 is 2.80 bits per heavy atom.